The Morgan fingerprint density at radius 1 is 1.18 bits per heavy atom. The van der Waals surface area contributed by atoms with Crippen molar-refractivity contribution in [1.29, 1.82) is 0 Å². The topological polar surface area (TPSA) is 56.0 Å². The van der Waals surface area contributed by atoms with E-state index in [1.165, 1.54) is 17.8 Å². The zero-order chi connectivity index (χ0) is 12.1. The summed E-state index contributed by atoms with van der Waals surface area (Å²) in [5, 5.41) is 10.8. The van der Waals surface area contributed by atoms with E-state index < -0.39 is 0 Å². The Kier molecular flexibility index (Phi) is 3.72. The number of para-hydroxylation sites is 1. The summed E-state index contributed by atoms with van der Waals surface area (Å²) in [6, 6.07) is 12.4. The van der Waals surface area contributed by atoms with Gasteiger partial charge >= 0.3 is 0 Å². The fourth-order valence-corrected chi connectivity index (χ4v) is 2.30. The van der Waals surface area contributed by atoms with Crippen LogP contribution in [0.4, 0.5) is 5.69 Å². The third-order valence-corrected chi connectivity index (χ3v) is 3.26. The van der Waals surface area contributed by atoms with Crippen molar-refractivity contribution in [2.24, 2.45) is 0 Å². The first-order valence-electron chi connectivity index (χ1n) is 5.03. The number of pyridine rings is 1. The normalized spacial score (nSPS) is 10.1. The zero-order valence-corrected chi connectivity index (χ0v) is 9.76. The van der Waals surface area contributed by atoms with Gasteiger partial charge in [0, 0.05) is 18.0 Å². The molecule has 0 saturated heterocycles. The fourth-order valence-electron chi connectivity index (χ4n) is 1.37. The second kappa shape index (κ2) is 5.45. The van der Waals surface area contributed by atoms with E-state index in [1.807, 2.05) is 18.2 Å². The van der Waals surface area contributed by atoms with Gasteiger partial charge in [-0.3, -0.25) is 15.1 Å². The summed E-state index contributed by atoms with van der Waals surface area (Å²) in [7, 11) is 0. The van der Waals surface area contributed by atoms with E-state index in [1.54, 1.807) is 24.4 Å². The molecular weight excluding hydrogens is 236 g/mol. The Labute approximate surface area is 103 Å². The number of hydrogen-bond acceptors (Lipinski definition) is 4. The molecule has 0 aliphatic carbocycles. The van der Waals surface area contributed by atoms with Crippen LogP contribution < -0.4 is 0 Å². The number of benzene rings is 1. The molecule has 5 heteroatoms. The largest absolute Gasteiger partial charge is 0.282 e. The van der Waals surface area contributed by atoms with Crippen molar-refractivity contribution in [3.05, 3.63) is 64.5 Å². The molecule has 0 unspecified atom stereocenters. The third-order valence-electron chi connectivity index (χ3n) is 2.16. The Morgan fingerprint density at radius 2 is 1.94 bits per heavy atom. The summed E-state index contributed by atoms with van der Waals surface area (Å²) in [5.74, 6) is 0.631. The van der Waals surface area contributed by atoms with Crippen molar-refractivity contribution in [1.82, 2.24) is 4.98 Å². The molecule has 0 amide bonds. The summed E-state index contributed by atoms with van der Waals surface area (Å²) in [6.45, 7) is 0. The highest BCUT2D eigenvalue weighted by Gasteiger charge is 2.12. The molecule has 2 rings (SSSR count). The van der Waals surface area contributed by atoms with Crippen LogP contribution in [0.15, 0.2) is 53.6 Å². The Bertz CT molecular complexity index is 517. The molecule has 17 heavy (non-hydrogen) atoms. The molecule has 0 N–H and O–H groups in total. The van der Waals surface area contributed by atoms with Gasteiger partial charge in [0.1, 0.15) is 0 Å². The first-order chi connectivity index (χ1) is 8.27. The number of rotatable bonds is 4. The van der Waals surface area contributed by atoms with Crippen LogP contribution in [-0.2, 0) is 5.75 Å². The summed E-state index contributed by atoms with van der Waals surface area (Å²) in [4.78, 5) is 15.3. The average molecular weight is 246 g/mol. The van der Waals surface area contributed by atoms with Gasteiger partial charge in [-0.05, 0) is 18.2 Å². The number of nitro groups is 1. The van der Waals surface area contributed by atoms with Gasteiger partial charge in [-0.15, -0.1) is 11.8 Å². The van der Waals surface area contributed by atoms with Gasteiger partial charge in [-0.1, -0.05) is 18.2 Å². The Balaban J connectivity index is 2.12. The van der Waals surface area contributed by atoms with Gasteiger partial charge < -0.3 is 0 Å². The predicted octanol–water partition coefficient (Wildman–Crippen LogP) is 3.28. The molecule has 0 radical (unpaired) electrons. The van der Waals surface area contributed by atoms with Crippen molar-refractivity contribution >= 4 is 17.4 Å². The average Bonchev–Trinajstić information content (AvgIpc) is 2.38. The number of nitro benzene ring substituents is 1. The van der Waals surface area contributed by atoms with E-state index in [4.69, 9.17) is 0 Å². The van der Waals surface area contributed by atoms with Crippen molar-refractivity contribution < 1.29 is 4.92 Å². The predicted molar refractivity (Wildman–Crippen MR) is 66.9 cm³/mol. The van der Waals surface area contributed by atoms with Gasteiger partial charge in [0.05, 0.1) is 15.5 Å². The van der Waals surface area contributed by atoms with Crippen LogP contribution in [0.25, 0.3) is 0 Å². The molecule has 0 aliphatic heterocycles. The highest BCUT2D eigenvalue weighted by atomic mass is 32.2. The summed E-state index contributed by atoms with van der Waals surface area (Å²) in [5.41, 5.74) is 1.06. The maximum absolute atomic E-state index is 10.8. The molecule has 0 aliphatic rings. The van der Waals surface area contributed by atoms with Crippen LogP contribution in [0, 0.1) is 10.1 Å². The van der Waals surface area contributed by atoms with Gasteiger partial charge in [-0.2, -0.15) is 0 Å². The number of aromatic nitrogens is 1. The maximum Gasteiger partial charge on any atom is 0.282 e. The zero-order valence-electron chi connectivity index (χ0n) is 8.95. The summed E-state index contributed by atoms with van der Waals surface area (Å²) >= 11 is 1.42. The van der Waals surface area contributed by atoms with E-state index in [9.17, 15) is 10.1 Å². The van der Waals surface area contributed by atoms with Crippen LogP contribution in [-0.4, -0.2) is 9.91 Å². The lowest BCUT2D eigenvalue weighted by molar-refractivity contribution is -0.387. The SMILES string of the molecule is O=[N+]([O-])c1ccccc1SCc1ccccn1. The molecule has 0 fully saturated rings. The second-order valence-electron chi connectivity index (χ2n) is 3.33. The minimum atomic E-state index is -0.360. The standard InChI is InChI=1S/C12H10N2O2S/c15-14(16)11-6-1-2-7-12(11)17-9-10-5-3-4-8-13-10/h1-8H,9H2. The maximum atomic E-state index is 10.8. The van der Waals surface area contributed by atoms with E-state index in [2.05, 4.69) is 4.98 Å². The summed E-state index contributed by atoms with van der Waals surface area (Å²) in [6.07, 6.45) is 1.72. The van der Waals surface area contributed by atoms with E-state index in [0.717, 1.165) is 5.69 Å². The van der Waals surface area contributed by atoms with Crippen molar-refractivity contribution in [2.45, 2.75) is 10.6 Å². The van der Waals surface area contributed by atoms with Gasteiger partial charge in [-0.25, -0.2) is 0 Å². The lowest BCUT2D eigenvalue weighted by Gasteiger charge is -2.02. The van der Waals surface area contributed by atoms with E-state index in [0.29, 0.717) is 10.6 Å². The van der Waals surface area contributed by atoms with Gasteiger partial charge in [0.25, 0.3) is 5.69 Å². The van der Waals surface area contributed by atoms with Gasteiger partial charge in [0.2, 0.25) is 0 Å². The van der Waals surface area contributed by atoms with Crippen molar-refractivity contribution in [2.75, 3.05) is 0 Å². The van der Waals surface area contributed by atoms with Crippen LogP contribution >= 0.6 is 11.8 Å². The minimum absolute atomic E-state index is 0.147. The Morgan fingerprint density at radius 3 is 2.65 bits per heavy atom. The van der Waals surface area contributed by atoms with Crippen LogP contribution in [0.3, 0.4) is 0 Å². The molecule has 0 saturated carbocycles. The summed E-state index contributed by atoms with van der Waals surface area (Å²) < 4.78 is 0. The second-order valence-corrected chi connectivity index (χ2v) is 4.35. The Hall–Kier alpha value is -1.88. The lowest BCUT2D eigenvalue weighted by atomic mass is 10.3. The highest BCUT2D eigenvalue weighted by molar-refractivity contribution is 7.98. The highest BCUT2D eigenvalue weighted by Crippen LogP contribution is 2.30. The molecule has 4 nitrogen and oxygen atoms in total. The molecule has 2 aromatic rings. The molecule has 0 atom stereocenters. The lowest BCUT2D eigenvalue weighted by Crippen LogP contribution is -1.91. The molecule has 1 aromatic heterocycles. The smallest absolute Gasteiger partial charge is 0.260 e. The van der Waals surface area contributed by atoms with Crippen LogP contribution in [0.1, 0.15) is 5.69 Å². The number of nitrogens with zero attached hydrogens (tertiary/aromatic N) is 2. The molecular formula is C12H10N2O2S. The quantitative estimate of drug-likeness (QED) is 0.472. The fraction of sp³-hybridized carbons (Fsp3) is 0.0833. The van der Waals surface area contributed by atoms with Crippen LogP contribution in [0.5, 0.6) is 0 Å². The number of thioether (sulfide) groups is 1. The van der Waals surface area contributed by atoms with E-state index >= 15 is 0 Å². The van der Waals surface area contributed by atoms with Crippen LogP contribution in [0.2, 0.25) is 0 Å². The molecule has 0 bridgehead atoms. The van der Waals surface area contributed by atoms with E-state index in [-0.39, 0.29) is 10.6 Å². The first-order valence-corrected chi connectivity index (χ1v) is 6.02. The third kappa shape index (κ3) is 3.04. The molecule has 1 aromatic carbocycles. The van der Waals surface area contributed by atoms with Crippen molar-refractivity contribution in [3.63, 3.8) is 0 Å². The molecule has 1 heterocycles. The first kappa shape index (κ1) is 11.6. The number of hydrogen-bond donors (Lipinski definition) is 0. The van der Waals surface area contributed by atoms with Crippen molar-refractivity contribution in [3.8, 4) is 0 Å². The minimum Gasteiger partial charge on any atom is -0.260 e. The monoisotopic (exact) mass is 246 g/mol. The molecule has 0 spiro atoms. The van der Waals surface area contributed by atoms with Gasteiger partial charge in [0.15, 0.2) is 0 Å². The molecule has 86 valence electrons.